The highest BCUT2D eigenvalue weighted by Crippen LogP contribution is 2.44. The third-order valence-electron chi connectivity index (χ3n) is 6.04. The van der Waals surface area contributed by atoms with E-state index in [-0.39, 0.29) is 24.2 Å². The van der Waals surface area contributed by atoms with E-state index in [4.69, 9.17) is 4.74 Å². The summed E-state index contributed by atoms with van der Waals surface area (Å²) in [5, 5.41) is 5.60. The van der Waals surface area contributed by atoms with Gasteiger partial charge in [0.05, 0.1) is 29.8 Å². The van der Waals surface area contributed by atoms with E-state index in [0.29, 0.717) is 23.0 Å². The molecule has 1 N–H and O–H groups in total. The molecule has 0 bridgehead atoms. The number of halogens is 1. The Labute approximate surface area is 204 Å². The van der Waals surface area contributed by atoms with E-state index in [0.717, 1.165) is 30.9 Å². The lowest BCUT2D eigenvalue weighted by molar-refractivity contribution is -0.143. The van der Waals surface area contributed by atoms with Gasteiger partial charge >= 0.3 is 5.97 Å². The number of ether oxygens (including phenoxy) is 1. The molecule has 0 aliphatic carbocycles. The van der Waals surface area contributed by atoms with E-state index in [1.54, 1.807) is 32.9 Å². The topological polar surface area (TPSA) is 74.2 Å². The Hall–Kier alpha value is -2.65. The van der Waals surface area contributed by atoms with Crippen molar-refractivity contribution in [3.63, 3.8) is 0 Å². The number of amides is 1. The number of aliphatic imine (C=N–C) groups is 1. The van der Waals surface area contributed by atoms with Crippen LogP contribution in [-0.4, -0.2) is 59.1 Å². The number of carbonyl (C=O) groups is 2. The van der Waals surface area contributed by atoms with Crippen molar-refractivity contribution >= 4 is 28.8 Å². The summed E-state index contributed by atoms with van der Waals surface area (Å²) in [6, 6.07) is 5.52. The van der Waals surface area contributed by atoms with E-state index in [1.807, 2.05) is 10.3 Å². The first-order valence-electron chi connectivity index (χ1n) is 11.7. The van der Waals surface area contributed by atoms with Gasteiger partial charge in [-0.1, -0.05) is 23.9 Å². The lowest BCUT2D eigenvalue weighted by Crippen LogP contribution is -2.39. The molecule has 0 radical (unpaired) electrons. The zero-order valence-corrected chi connectivity index (χ0v) is 20.7. The van der Waals surface area contributed by atoms with Crippen molar-refractivity contribution in [3.05, 3.63) is 58.0 Å². The van der Waals surface area contributed by atoms with Crippen LogP contribution in [0.3, 0.4) is 0 Å². The number of thioether (sulfide) groups is 1. The number of esters is 1. The number of allylic oxidation sites excluding steroid dienone is 1. The molecule has 0 spiro atoms. The van der Waals surface area contributed by atoms with Crippen LogP contribution < -0.4 is 5.32 Å². The second-order valence-corrected chi connectivity index (χ2v) is 9.81. The molecule has 9 heteroatoms. The van der Waals surface area contributed by atoms with Gasteiger partial charge in [-0.15, -0.1) is 0 Å². The fourth-order valence-electron chi connectivity index (χ4n) is 4.46. The van der Waals surface area contributed by atoms with Crippen LogP contribution in [0.5, 0.6) is 0 Å². The van der Waals surface area contributed by atoms with Crippen LogP contribution in [0, 0.1) is 5.82 Å². The van der Waals surface area contributed by atoms with Crippen LogP contribution in [0.25, 0.3) is 0 Å². The molecule has 3 aliphatic heterocycles. The summed E-state index contributed by atoms with van der Waals surface area (Å²) < 4.78 is 19.2. The van der Waals surface area contributed by atoms with Crippen molar-refractivity contribution in [2.24, 2.45) is 4.99 Å². The first kappa shape index (κ1) is 24.5. The van der Waals surface area contributed by atoms with Crippen molar-refractivity contribution < 1.29 is 18.7 Å². The number of hydrogen-bond acceptors (Lipinski definition) is 7. The fraction of sp³-hybridized carbons (Fsp3) is 0.480. The number of benzene rings is 1. The molecule has 182 valence electrons. The second kappa shape index (κ2) is 10.7. The average Bonchev–Trinajstić information content (AvgIpc) is 3.43. The molecule has 1 atom stereocenters. The van der Waals surface area contributed by atoms with E-state index < -0.39 is 12.0 Å². The van der Waals surface area contributed by atoms with E-state index in [9.17, 15) is 14.0 Å². The predicted molar refractivity (Wildman–Crippen MR) is 131 cm³/mol. The Morgan fingerprint density at radius 3 is 2.62 bits per heavy atom. The summed E-state index contributed by atoms with van der Waals surface area (Å²) in [4.78, 5) is 34.8. The maximum atomic E-state index is 13.7. The normalized spacial score (nSPS) is 20.4. The summed E-state index contributed by atoms with van der Waals surface area (Å²) in [7, 11) is 0. The minimum absolute atomic E-state index is 0.0808. The molecule has 1 aromatic carbocycles. The van der Waals surface area contributed by atoms with Crippen molar-refractivity contribution in [3.8, 4) is 0 Å². The second-order valence-electron chi connectivity index (χ2n) is 8.97. The summed E-state index contributed by atoms with van der Waals surface area (Å²) in [6.45, 7) is 9.00. The van der Waals surface area contributed by atoms with Gasteiger partial charge in [0.25, 0.3) is 0 Å². The highest BCUT2D eigenvalue weighted by molar-refractivity contribution is 8.16. The van der Waals surface area contributed by atoms with Gasteiger partial charge in [0.2, 0.25) is 5.91 Å². The molecule has 1 saturated heterocycles. The molecule has 4 rings (SSSR count). The monoisotopic (exact) mass is 486 g/mol. The molecule has 1 fully saturated rings. The molecule has 7 nitrogen and oxygen atoms in total. The van der Waals surface area contributed by atoms with Gasteiger partial charge in [0, 0.05) is 18.8 Å². The summed E-state index contributed by atoms with van der Waals surface area (Å²) >= 11 is 1.42. The zero-order chi connectivity index (χ0) is 24.2. The van der Waals surface area contributed by atoms with Gasteiger partial charge in [-0.2, -0.15) is 0 Å². The number of amidine groups is 1. The van der Waals surface area contributed by atoms with Crippen LogP contribution in [0.2, 0.25) is 0 Å². The van der Waals surface area contributed by atoms with Gasteiger partial charge in [0.1, 0.15) is 5.82 Å². The average molecular weight is 487 g/mol. The molecule has 3 heterocycles. The molecule has 0 aromatic heterocycles. The maximum Gasteiger partial charge on any atom is 0.338 e. The van der Waals surface area contributed by atoms with Crippen LogP contribution in [0.1, 0.15) is 51.6 Å². The Balaban J connectivity index is 1.55. The number of carbonyl (C=O) groups excluding carboxylic acids is 2. The zero-order valence-electron chi connectivity index (χ0n) is 19.8. The number of nitrogens with zero attached hydrogens (tertiary/aromatic N) is 3. The molecular weight excluding hydrogens is 455 g/mol. The van der Waals surface area contributed by atoms with Crippen LogP contribution in [-0.2, 0) is 14.3 Å². The number of likely N-dealkylation sites (tertiary alicyclic amines) is 1. The third kappa shape index (κ3) is 5.52. The predicted octanol–water partition coefficient (Wildman–Crippen LogP) is 3.95. The highest BCUT2D eigenvalue weighted by Gasteiger charge is 2.41. The van der Waals surface area contributed by atoms with Crippen molar-refractivity contribution in [1.29, 1.82) is 0 Å². The number of fused-ring (bicyclic) bond motifs is 1. The van der Waals surface area contributed by atoms with Gasteiger partial charge in [-0.05, 0) is 69.8 Å². The highest BCUT2D eigenvalue weighted by atomic mass is 32.2. The van der Waals surface area contributed by atoms with Gasteiger partial charge in [-0.25, -0.2) is 14.2 Å². The lowest BCUT2D eigenvalue weighted by atomic mass is 9.93. The van der Waals surface area contributed by atoms with Crippen LogP contribution >= 0.6 is 11.8 Å². The molecule has 1 aromatic rings. The SMILES string of the molecule is CC1=C(C(=O)OC(C)C)C(c2ccc(F)cc2)N2C(CC(=O)NCCN3CCCC3)=CSC2=N1. The standard InChI is InChI=1S/C25H31FN4O3S/c1-16(2)33-24(32)22-17(3)28-25-30(23(22)18-6-8-19(26)9-7-18)20(15-34-25)14-21(31)27-10-13-29-11-4-5-12-29/h6-9,15-16,23H,4-5,10-14H2,1-3H3,(H,27,31). The Bertz CT molecular complexity index is 1030. The molecular formula is C25H31FN4O3S. The summed E-state index contributed by atoms with van der Waals surface area (Å²) in [5.41, 5.74) is 2.43. The quantitative estimate of drug-likeness (QED) is 0.561. The van der Waals surface area contributed by atoms with E-state index in [1.165, 1.54) is 36.7 Å². The molecule has 0 saturated carbocycles. The number of nitrogens with one attached hydrogen (secondary N) is 1. The van der Waals surface area contributed by atoms with E-state index in [2.05, 4.69) is 15.2 Å². The molecule has 34 heavy (non-hydrogen) atoms. The molecule has 3 aliphatic rings. The Morgan fingerprint density at radius 2 is 1.94 bits per heavy atom. The lowest BCUT2D eigenvalue weighted by Gasteiger charge is -2.36. The fourth-order valence-corrected chi connectivity index (χ4v) is 5.42. The first-order valence-corrected chi connectivity index (χ1v) is 12.6. The molecule has 1 amide bonds. The van der Waals surface area contributed by atoms with Gasteiger partial charge in [0.15, 0.2) is 5.17 Å². The first-order chi connectivity index (χ1) is 16.3. The molecule has 1 unspecified atom stereocenters. The van der Waals surface area contributed by atoms with Crippen LogP contribution in [0.4, 0.5) is 4.39 Å². The van der Waals surface area contributed by atoms with Crippen molar-refractivity contribution in [2.75, 3.05) is 26.2 Å². The third-order valence-corrected chi connectivity index (χ3v) is 6.93. The van der Waals surface area contributed by atoms with Gasteiger partial charge in [-0.3, -0.25) is 4.79 Å². The summed E-state index contributed by atoms with van der Waals surface area (Å²) in [6.07, 6.45) is 2.30. The van der Waals surface area contributed by atoms with Gasteiger partial charge < -0.3 is 19.9 Å². The Morgan fingerprint density at radius 1 is 1.24 bits per heavy atom. The minimum atomic E-state index is -0.557. The number of hydrogen-bond donors (Lipinski definition) is 1. The Kier molecular flexibility index (Phi) is 7.73. The summed E-state index contributed by atoms with van der Waals surface area (Å²) in [5.74, 6) is -0.900. The van der Waals surface area contributed by atoms with Crippen molar-refractivity contribution in [1.82, 2.24) is 15.1 Å². The smallest absolute Gasteiger partial charge is 0.338 e. The maximum absolute atomic E-state index is 13.7. The van der Waals surface area contributed by atoms with Crippen molar-refractivity contribution in [2.45, 2.75) is 52.2 Å². The minimum Gasteiger partial charge on any atom is -0.459 e. The van der Waals surface area contributed by atoms with E-state index >= 15 is 0 Å². The van der Waals surface area contributed by atoms with Crippen LogP contribution in [0.15, 0.2) is 51.6 Å². The largest absolute Gasteiger partial charge is 0.459 e. The number of rotatable bonds is 8.